The summed E-state index contributed by atoms with van der Waals surface area (Å²) in [6, 6.07) is 12.6. The number of nitro groups is 1. The molecule has 0 unspecified atom stereocenters. The molecule has 5 nitrogen and oxygen atoms in total. The summed E-state index contributed by atoms with van der Waals surface area (Å²) in [6.07, 6.45) is 0. The molecule has 2 aromatic rings. The molecule has 1 N–H and O–H groups in total. The molecule has 0 fully saturated rings. The van der Waals surface area contributed by atoms with Crippen LogP contribution in [0.5, 0.6) is 0 Å². The summed E-state index contributed by atoms with van der Waals surface area (Å²) in [7, 11) is 1.80. The maximum atomic E-state index is 12.1. The third-order valence-electron chi connectivity index (χ3n) is 2.78. The second kappa shape index (κ2) is 5.30. The van der Waals surface area contributed by atoms with Crippen LogP contribution in [-0.4, -0.2) is 17.8 Å². The van der Waals surface area contributed by atoms with E-state index >= 15 is 0 Å². The van der Waals surface area contributed by atoms with Crippen LogP contribution in [0.1, 0.15) is 15.9 Å². The Kier molecular flexibility index (Phi) is 3.56. The number of nitrogens with zero attached hydrogens (tertiary/aromatic N) is 1. The molecule has 0 aliphatic heterocycles. The zero-order valence-corrected chi connectivity index (χ0v) is 10.3. The normalized spacial score (nSPS) is 9.95. The van der Waals surface area contributed by atoms with Crippen LogP contribution >= 0.6 is 0 Å². The van der Waals surface area contributed by atoms with Crippen molar-refractivity contribution in [3.63, 3.8) is 0 Å². The fraction of sp³-hybridized carbons (Fsp3) is 0.0714. The van der Waals surface area contributed by atoms with Gasteiger partial charge < -0.3 is 5.32 Å². The number of hydrogen-bond acceptors (Lipinski definition) is 4. The predicted molar refractivity (Wildman–Crippen MR) is 72.5 cm³/mol. The van der Waals surface area contributed by atoms with Gasteiger partial charge in [0.15, 0.2) is 5.78 Å². The first-order chi connectivity index (χ1) is 9.11. The second-order valence-corrected chi connectivity index (χ2v) is 3.96. The lowest BCUT2D eigenvalue weighted by atomic mass is 10.0. The summed E-state index contributed by atoms with van der Waals surface area (Å²) in [6.45, 7) is 0. The van der Waals surface area contributed by atoms with Gasteiger partial charge in [-0.1, -0.05) is 0 Å². The Labute approximate surface area is 110 Å². The highest BCUT2D eigenvalue weighted by Gasteiger charge is 2.11. The molecule has 5 heteroatoms. The third kappa shape index (κ3) is 2.77. The molecule has 0 bridgehead atoms. The molecule has 0 saturated heterocycles. The van der Waals surface area contributed by atoms with Gasteiger partial charge in [-0.2, -0.15) is 0 Å². The molecular formula is C14H12N2O3. The van der Waals surface area contributed by atoms with Crippen molar-refractivity contribution in [3.8, 4) is 0 Å². The number of carbonyl (C=O) groups is 1. The fourth-order valence-corrected chi connectivity index (χ4v) is 1.69. The van der Waals surface area contributed by atoms with Crippen molar-refractivity contribution in [2.45, 2.75) is 0 Å². The lowest BCUT2D eigenvalue weighted by molar-refractivity contribution is -0.384. The van der Waals surface area contributed by atoms with Crippen LogP contribution in [0.25, 0.3) is 0 Å². The monoisotopic (exact) mass is 256 g/mol. The number of ketones is 1. The number of anilines is 1. The van der Waals surface area contributed by atoms with Crippen LogP contribution in [0.4, 0.5) is 11.4 Å². The van der Waals surface area contributed by atoms with E-state index in [0.29, 0.717) is 11.1 Å². The van der Waals surface area contributed by atoms with Gasteiger partial charge >= 0.3 is 0 Å². The van der Waals surface area contributed by atoms with E-state index in [2.05, 4.69) is 5.32 Å². The van der Waals surface area contributed by atoms with Crippen LogP contribution in [0, 0.1) is 10.1 Å². The molecule has 19 heavy (non-hydrogen) atoms. The Balaban J connectivity index is 2.25. The van der Waals surface area contributed by atoms with Crippen LogP contribution in [-0.2, 0) is 0 Å². The third-order valence-corrected chi connectivity index (χ3v) is 2.78. The van der Waals surface area contributed by atoms with Crippen LogP contribution in [0.15, 0.2) is 48.5 Å². The van der Waals surface area contributed by atoms with Gasteiger partial charge in [0.05, 0.1) is 4.92 Å². The highest BCUT2D eigenvalue weighted by Crippen LogP contribution is 2.16. The Bertz CT molecular complexity index is 604. The molecule has 0 amide bonds. The van der Waals surface area contributed by atoms with E-state index in [1.54, 1.807) is 31.3 Å². The van der Waals surface area contributed by atoms with E-state index in [1.807, 2.05) is 0 Å². The van der Waals surface area contributed by atoms with Gasteiger partial charge in [-0.25, -0.2) is 0 Å². The molecule has 0 aromatic heterocycles. The number of non-ortho nitro benzene ring substituents is 1. The van der Waals surface area contributed by atoms with E-state index in [0.717, 1.165) is 5.69 Å². The Morgan fingerprint density at radius 3 is 1.89 bits per heavy atom. The van der Waals surface area contributed by atoms with Gasteiger partial charge in [-0.3, -0.25) is 14.9 Å². The molecule has 0 aliphatic rings. The molecule has 0 atom stereocenters. The quantitative estimate of drug-likeness (QED) is 0.518. The number of nitrogens with one attached hydrogen (secondary N) is 1. The summed E-state index contributed by atoms with van der Waals surface area (Å²) in [5.74, 6) is -0.155. The molecule has 2 aromatic carbocycles. The van der Waals surface area contributed by atoms with Crippen LogP contribution < -0.4 is 5.32 Å². The van der Waals surface area contributed by atoms with Crippen LogP contribution in [0.3, 0.4) is 0 Å². The summed E-state index contributed by atoms with van der Waals surface area (Å²) < 4.78 is 0. The van der Waals surface area contributed by atoms with Gasteiger partial charge in [-0.05, 0) is 36.4 Å². The Morgan fingerprint density at radius 2 is 1.47 bits per heavy atom. The van der Waals surface area contributed by atoms with Crippen molar-refractivity contribution in [2.24, 2.45) is 0 Å². The molecule has 0 radical (unpaired) electrons. The molecule has 0 spiro atoms. The first-order valence-electron chi connectivity index (χ1n) is 5.69. The standard InChI is InChI=1S/C14H12N2O3/c1-15-12-6-2-10(3-7-12)14(17)11-4-8-13(9-5-11)16(18)19/h2-9,15H,1H3. The highest BCUT2D eigenvalue weighted by atomic mass is 16.6. The van der Waals surface area contributed by atoms with Crippen molar-refractivity contribution < 1.29 is 9.72 Å². The highest BCUT2D eigenvalue weighted by molar-refractivity contribution is 6.09. The lowest BCUT2D eigenvalue weighted by Crippen LogP contribution is -2.01. The molecule has 2 rings (SSSR count). The first-order valence-corrected chi connectivity index (χ1v) is 5.69. The average Bonchev–Trinajstić information content (AvgIpc) is 2.46. The van der Waals surface area contributed by atoms with E-state index in [4.69, 9.17) is 0 Å². The van der Waals surface area contributed by atoms with Gasteiger partial charge in [0, 0.05) is 36.0 Å². The minimum atomic E-state index is -0.490. The van der Waals surface area contributed by atoms with E-state index in [1.165, 1.54) is 24.3 Å². The van der Waals surface area contributed by atoms with Gasteiger partial charge in [0.1, 0.15) is 0 Å². The van der Waals surface area contributed by atoms with Gasteiger partial charge in [0.25, 0.3) is 5.69 Å². The maximum Gasteiger partial charge on any atom is 0.269 e. The molecule has 0 saturated carbocycles. The molecular weight excluding hydrogens is 244 g/mol. The van der Waals surface area contributed by atoms with E-state index in [9.17, 15) is 14.9 Å². The first kappa shape index (κ1) is 12.8. The largest absolute Gasteiger partial charge is 0.388 e. The number of nitro benzene ring substituents is 1. The van der Waals surface area contributed by atoms with Crippen molar-refractivity contribution in [1.29, 1.82) is 0 Å². The molecule has 0 aliphatic carbocycles. The lowest BCUT2D eigenvalue weighted by Gasteiger charge is -2.03. The summed E-state index contributed by atoms with van der Waals surface area (Å²) in [4.78, 5) is 22.2. The minimum Gasteiger partial charge on any atom is -0.388 e. The SMILES string of the molecule is CNc1ccc(C(=O)c2ccc([N+](=O)[O-])cc2)cc1. The van der Waals surface area contributed by atoms with Crippen molar-refractivity contribution in [3.05, 3.63) is 69.8 Å². The van der Waals surface area contributed by atoms with Crippen molar-refractivity contribution in [1.82, 2.24) is 0 Å². The molecule has 96 valence electrons. The van der Waals surface area contributed by atoms with Crippen molar-refractivity contribution in [2.75, 3.05) is 12.4 Å². The summed E-state index contributed by atoms with van der Waals surface area (Å²) in [5.41, 5.74) is 1.87. The maximum absolute atomic E-state index is 12.1. The number of benzene rings is 2. The fourth-order valence-electron chi connectivity index (χ4n) is 1.69. The molecule has 0 heterocycles. The second-order valence-electron chi connectivity index (χ2n) is 3.96. The van der Waals surface area contributed by atoms with E-state index < -0.39 is 4.92 Å². The Hall–Kier alpha value is -2.69. The van der Waals surface area contributed by atoms with Crippen molar-refractivity contribution >= 4 is 17.2 Å². The topological polar surface area (TPSA) is 72.2 Å². The zero-order valence-electron chi connectivity index (χ0n) is 10.3. The Morgan fingerprint density at radius 1 is 1.00 bits per heavy atom. The number of carbonyl (C=O) groups excluding carboxylic acids is 1. The van der Waals surface area contributed by atoms with Gasteiger partial charge in [-0.15, -0.1) is 0 Å². The smallest absolute Gasteiger partial charge is 0.269 e. The minimum absolute atomic E-state index is 0.0259. The average molecular weight is 256 g/mol. The number of hydrogen-bond donors (Lipinski definition) is 1. The van der Waals surface area contributed by atoms with Gasteiger partial charge in [0.2, 0.25) is 0 Å². The van der Waals surface area contributed by atoms with Crippen LogP contribution in [0.2, 0.25) is 0 Å². The zero-order chi connectivity index (χ0) is 13.8. The summed E-state index contributed by atoms with van der Waals surface area (Å²) >= 11 is 0. The number of rotatable bonds is 4. The summed E-state index contributed by atoms with van der Waals surface area (Å²) in [5, 5.41) is 13.5. The van der Waals surface area contributed by atoms with E-state index in [-0.39, 0.29) is 11.5 Å². The predicted octanol–water partition coefficient (Wildman–Crippen LogP) is 2.87.